The molecule has 0 heterocycles. The van der Waals surface area contributed by atoms with Crippen LogP contribution >= 0.6 is 0 Å². The molecule has 0 aromatic rings. The molecule has 1 aliphatic rings. The number of unbranched alkanes of at least 4 members (excludes halogenated alkanes) is 8. The Morgan fingerprint density at radius 3 is 1.64 bits per heavy atom. The van der Waals surface area contributed by atoms with E-state index in [-0.39, 0.29) is 0 Å². The summed E-state index contributed by atoms with van der Waals surface area (Å²) >= 11 is 0. The lowest BCUT2D eigenvalue weighted by atomic mass is 9.54. The van der Waals surface area contributed by atoms with Gasteiger partial charge in [0.1, 0.15) is 0 Å². The molecule has 2 N–H and O–H groups in total. The van der Waals surface area contributed by atoms with Gasteiger partial charge in [0.2, 0.25) is 0 Å². The zero-order valence-corrected chi connectivity index (χ0v) is 16.1. The van der Waals surface area contributed by atoms with Gasteiger partial charge in [-0.2, -0.15) is 0 Å². The van der Waals surface area contributed by atoms with E-state index in [0.29, 0.717) is 25.7 Å². The Hall–Kier alpha value is -1.32. The van der Waals surface area contributed by atoms with Gasteiger partial charge in [-0.25, -0.2) is 0 Å². The van der Waals surface area contributed by atoms with Gasteiger partial charge in [0.25, 0.3) is 0 Å². The van der Waals surface area contributed by atoms with Crippen LogP contribution in [-0.2, 0) is 9.59 Å². The first-order chi connectivity index (χ1) is 12.0. The molecule has 2 unspecified atom stereocenters. The summed E-state index contributed by atoms with van der Waals surface area (Å²) in [4.78, 5) is 24.1. The third-order valence-electron chi connectivity index (χ3n) is 6.14. The van der Waals surface area contributed by atoms with E-state index in [0.717, 1.165) is 19.3 Å². The van der Waals surface area contributed by atoms with Crippen molar-refractivity contribution in [2.75, 3.05) is 0 Å². The molecule has 0 aromatic heterocycles. The molecule has 0 bridgehead atoms. The smallest absolute Gasteiger partial charge is 0.311 e. The van der Waals surface area contributed by atoms with Crippen molar-refractivity contribution in [3.05, 3.63) is 12.2 Å². The molecule has 0 aliphatic heterocycles. The van der Waals surface area contributed by atoms with E-state index in [9.17, 15) is 19.8 Å². The Kier molecular flexibility index (Phi) is 9.23. The molecule has 25 heavy (non-hydrogen) atoms. The van der Waals surface area contributed by atoms with Crippen molar-refractivity contribution in [3.8, 4) is 0 Å². The third-order valence-corrected chi connectivity index (χ3v) is 6.14. The minimum Gasteiger partial charge on any atom is -0.481 e. The van der Waals surface area contributed by atoms with E-state index >= 15 is 0 Å². The van der Waals surface area contributed by atoms with Gasteiger partial charge >= 0.3 is 11.9 Å². The third kappa shape index (κ3) is 5.08. The number of carboxylic acid groups (broad SMARTS) is 2. The lowest BCUT2D eigenvalue weighted by Crippen LogP contribution is -2.53. The van der Waals surface area contributed by atoms with E-state index in [1.807, 2.05) is 12.2 Å². The summed E-state index contributed by atoms with van der Waals surface area (Å²) < 4.78 is 0. The van der Waals surface area contributed by atoms with E-state index in [2.05, 4.69) is 6.92 Å². The van der Waals surface area contributed by atoms with Crippen LogP contribution in [0.4, 0.5) is 0 Å². The highest BCUT2D eigenvalue weighted by molar-refractivity contribution is 5.87. The van der Waals surface area contributed by atoms with Crippen molar-refractivity contribution < 1.29 is 19.8 Å². The summed E-state index contributed by atoms with van der Waals surface area (Å²) in [7, 11) is 0. The summed E-state index contributed by atoms with van der Waals surface area (Å²) in [5.41, 5.74) is -2.34. The van der Waals surface area contributed by atoms with Crippen LogP contribution in [0.25, 0.3) is 0 Å². The minimum absolute atomic E-state index is 0.322. The van der Waals surface area contributed by atoms with Crippen LogP contribution in [0.2, 0.25) is 0 Å². The molecule has 0 spiro atoms. The maximum Gasteiger partial charge on any atom is 0.311 e. The molecule has 0 saturated carbocycles. The van der Waals surface area contributed by atoms with Crippen LogP contribution in [0.15, 0.2) is 12.2 Å². The summed E-state index contributed by atoms with van der Waals surface area (Å²) in [6.45, 7) is 4.02. The van der Waals surface area contributed by atoms with Crippen molar-refractivity contribution in [2.24, 2.45) is 10.8 Å². The molecular weight excluding hydrogens is 316 g/mol. The average Bonchev–Trinajstić information content (AvgIpc) is 2.60. The molecule has 0 amide bonds. The standard InChI is InChI=1S/C21H36O4/c1-3-5-6-7-8-9-10-11-12-16-21(19(24)25)17-14-13-15-20(21,4-2)18(22)23/h13-14H,3-12,15-17H2,1-2H3,(H,22,23)(H,24,25). The van der Waals surface area contributed by atoms with Gasteiger partial charge in [-0.05, 0) is 25.7 Å². The zero-order chi connectivity index (χ0) is 18.8. The molecule has 0 radical (unpaired) electrons. The summed E-state index contributed by atoms with van der Waals surface area (Å²) in [5, 5.41) is 19.7. The van der Waals surface area contributed by atoms with Crippen molar-refractivity contribution in [1.29, 1.82) is 0 Å². The number of aliphatic carboxylic acids is 2. The van der Waals surface area contributed by atoms with Gasteiger partial charge in [0.15, 0.2) is 0 Å². The number of carboxylic acids is 2. The highest BCUT2D eigenvalue weighted by atomic mass is 16.4. The highest BCUT2D eigenvalue weighted by Crippen LogP contribution is 2.54. The number of carbonyl (C=O) groups is 2. The average molecular weight is 353 g/mol. The molecular formula is C21H36O4. The Balaban J connectivity index is 2.57. The fourth-order valence-electron chi connectivity index (χ4n) is 4.36. The second-order valence-electron chi connectivity index (χ2n) is 7.59. The van der Waals surface area contributed by atoms with E-state index in [1.165, 1.54) is 38.5 Å². The van der Waals surface area contributed by atoms with Crippen molar-refractivity contribution in [1.82, 2.24) is 0 Å². The van der Waals surface area contributed by atoms with Crippen LogP contribution in [0, 0.1) is 10.8 Å². The predicted octanol–water partition coefficient (Wildman–Crippen LogP) is 5.81. The maximum absolute atomic E-state index is 12.1. The van der Waals surface area contributed by atoms with Crippen molar-refractivity contribution >= 4 is 11.9 Å². The molecule has 144 valence electrons. The molecule has 1 rings (SSSR count). The first kappa shape index (κ1) is 21.7. The Bertz CT molecular complexity index is 457. The molecule has 4 heteroatoms. The second-order valence-corrected chi connectivity index (χ2v) is 7.59. The van der Waals surface area contributed by atoms with Gasteiger partial charge < -0.3 is 10.2 Å². The van der Waals surface area contributed by atoms with E-state index in [1.54, 1.807) is 6.92 Å². The number of hydrogen-bond acceptors (Lipinski definition) is 2. The number of allylic oxidation sites excluding steroid dienone is 2. The van der Waals surface area contributed by atoms with Crippen LogP contribution in [0.1, 0.15) is 97.3 Å². The van der Waals surface area contributed by atoms with Gasteiger partial charge in [0.05, 0.1) is 10.8 Å². The molecule has 0 saturated heterocycles. The van der Waals surface area contributed by atoms with Crippen LogP contribution in [-0.4, -0.2) is 22.2 Å². The molecule has 2 atom stereocenters. The summed E-state index contributed by atoms with van der Waals surface area (Å²) in [6.07, 6.45) is 15.7. The quantitative estimate of drug-likeness (QED) is 0.324. The molecule has 1 aliphatic carbocycles. The normalized spacial score (nSPS) is 25.8. The van der Waals surface area contributed by atoms with Crippen LogP contribution < -0.4 is 0 Å². The topological polar surface area (TPSA) is 74.6 Å². The summed E-state index contributed by atoms with van der Waals surface area (Å²) in [6, 6.07) is 0. The van der Waals surface area contributed by atoms with Crippen LogP contribution in [0.3, 0.4) is 0 Å². The van der Waals surface area contributed by atoms with Gasteiger partial charge in [0, 0.05) is 0 Å². The second kappa shape index (κ2) is 10.6. The zero-order valence-electron chi connectivity index (χ0n) is 16.1. The molecule has 0 fully saturated rings. The molecule has 0 aromatic carbocycles. The fraction of sp³-hybridized carbons (Fsp3) is 0.810. The van der Waals surface area contributed by atoms with Crippen LogP contribution in [0.5, 0.6) is 0 Å². The molecule has 4 nitrogen and oxygen atoms in total. The largest absolute Gasteiger partial charge is 0.481 e. The van der Waals surface area contributed by atoms with Gasteiger partial charge in [-0.3, -0.25) is 9.59 Å². The lowest BCUT2D eigenvalue weighted by Gasteiger charge is -2.46. The van der Waals surface area contributed by atoms with Crippen molar-refractivity contribution in [3.63, 3.8) is 0 Å². The number of hydrogen-bond donors (Lipinski definition) is 2. The summed E-state index contributed by atoms with van der Waals surface area (Å²) in [5.74, 6) is -1.90. The Labute approximate surface area is 152 Å². The van der Waals surface area contributed by atoms with E-state index < -0.39 is 22.8 Å². The maximum atomic E-state index is 12.1. The van der Waals surface area contributed by atoms with Gasteiger partial charge in [-0.15, -0.1) is 0 Å². The Morgan fingerprint density at radius 1 is 0.760 bits per heavy atom. The monoisotopic (exact) mass is 352 g/mol. The predicted molar refractivity (Wildman–Crippen MR) is 101 cm³/mol. The van der Waals surface area contributed by atoms with Crippen molar-refractivity contribution in [2.45, 2.75) is 97.3 Å². The SMILES string of the molecule is CCCCCCCCCCCC1(C(=O)O)CC=CCC1(CC)C(=O)O. The highest BCUT2D eigenvalue weighted by Gasteiger charge is 2.59. The first-order valence-electron chi connectivity index (χ1n) is 10.1. The Morgan fingerprint density at radius 2 is 1.20 bits per heavy atom. The minimum atomic E-state index is -1.17. The van der Waals surface area contributed by atoms with Gasteiger partial charge in [-0.1, -0.05) is 83.8 Å². The first-order valence-corrected chi connectivity index (χ1v) is 10.1. The fourth-order valence-corrected chi connectivity index (χ4v) is 4.36. The lowest BCUT2D eigenvalue weighted by molar-refractivity contribution is -0.176. The number of rotatable bonds is 13. The van der Waals surface area contributed by atoms with E-state index in [4.69, 9.17) is 0 Å².